The van der Waals surface area contributed by atoms with E-state index in [1.807, 2.05) is 97.1 Å². The van der Waals surface area contributed by atoms with Crippen LogP contribution in [0.4, 0.5) is 0 Å². The van der Waals surface area contributed by atoms with Crippen LogP contribution in [0.5, 0.6) is 0 Å². The van der Waals surface area contributed by atoms with E-state index in [0.29, 0.717) is 16.7 Å². The molecule has 0 aliphatic rings. The Labute approximate surface area is 295 Å². The smallest absolute Gasteiger partial charge is 0.101 e. The molecule has 0 aliphatic heterocycles. The third-order valence-corrected chi connectivity index (χ3v) is 9.65. The lowest BCUT2D eigenvalue weighted by atomic mass is 9.91. The average molecular weight is 652 g/mol. The Kier molecular flexibility index (Phi) is 7.62. The zero-order valence-electron chi connectivity index (χ0n) is 27.8. The molecule has 0 aliphatic carbocycles. The molecule has 0 saturated carbocycles. The van der Waals surface area contributed by atoms with Crippen molar-refractivity contribution in [3.63, 3.8) is 0 Å². The van der Waals surface area contributed by atoms with Crippen LogP contribution >= 0.6 is 0 Å². The van der Waals surface area contributed by atoms with E-state index in [1.165, 1.54) is 0 Å². The highest BCUT2D eigenvalue weighted by atomic mass is 15.0. The Morgan fingerprint density at radius 3 is 2.02 bits per heavy atom. The van der Waals surface area contributed by atoms with Crippen LogP contribution in [-0.2, 0) is 0 Å². The van der Waals surface area contributed by atoms with Crippen molar-refractivity contribution in [3.05, 3.63) is 174 Å². The van der Waals surface area contributed by atoms with Crippen molar-refractivity contribution >= 4 is 38.8 Å². The molecule has 51 heavy (non-hydrogen) atoms. The van der Waals surface area contributed by atoms with Crippen molar-refractivity contribution in [1.29, 1.82) is 15.8 Å². The van der Waals surface area contributed by atoms with Gasteiger partial charge in [-0.05, 0) is 72.7 Å². The normalized spacial score (nSPS) is 11.2. The maximum atomic E-state index is 10.8. The van der Waals surface area contributed by atoms with Crippen molar-refractivity contribution in [2.45, 2.75) is 6.92 Å². The quantitative estimate of drug-likeness (QED) is 0.168. The van der Waals surface area contributed by atoms with Crippen LogP contribution in [0.1, 0.15) is 27.9 Å². The van der Waals surface area contributed by atoms with Crippen molar-refractivity contribution < 1.29 is 0 Å². The van der Waals surface area contributed by atoms with E-state index in [4.69, 9.17) is 0 Å². The summed E-state index contributed by atoms with van der Waals surface area (Å²) in [5.74, 6) is 0. The fraction of sp³-hybridized carbons (Fsp3) is 0.0217. The van der Waals surface area contributed by atoms with Crippen LogP contribution in [0.15, 0.2) is 146 Å². The summed E-state index contributed by atoms with van der Waals surface area (Å²) in [6.45, 7) is 6.02. The Hall–Kier alpha value is -7.39. The number of rotatable bonds is 6. The number of aromatic nitrogens is 2. The van der Waals surface area contributed by atoms with E-state index in [0.717, 1.165) is 77.6 Å². The van der Waals surface area contributed by atoms with Gasteiger partial charge in [0.1, 0.15) is 12.1 Å². The molecule has 0 unspecified atom stereocenters. The van der Waals surface area contributed by atoms with Crippen LogP contribution in [0.25, 0.3) is 72.4 Å². The third-order valence-electron chi connectivity index (χ3n) is 9.65. The molecule has 0 atom stereocenters. The number of allylic oxidation sites excluding steroid dienone is 2. The topological polar surface area (TPSA) is 81.2 Å². The van der Waals surface area contributed by atoms with Crippen molar-refractivity contribution in [2.75, 3.05) is 0 Å². The number of nitrogens with zero attached hydrogens (tertiary/aromatic N) is 5. The first-order valence-corrected chi connectivity index (χ1v) is 16.6. The van der Waals surface area contributed by atoms with E-state index < -0.39 is 0 Å². The van der Waals surface area contributed by atoms with Crippen molar-refractivity contribution in [2.24, 2.45) is 0 Å². The molecule has 0 spiro atoms. The minimum atomic E-state index is 0.474. The Balaban J connectivity index is 1.31. The summed E-state index contributed by atoms with van der Waals surface area (Å²) in [7, 11) is 0. The fourth-order valence-electron chi connectivity index (χ4n) is 7.36. The van der Waals surface area contributed by atoms with E-state index >= 15 is 0 Å². The first-order valence-electron chi connectivity index (χ1n) is 16.6. The number of benzene rings is 6. The summed E-state index contributed by atoms with van der Waals surface area (Å²) in [5.41, 5.74) is 11.6. The summed E-state index contributed by atoms with van der Waals surface area (Å²) in [5, 5.41) is 34.0. The summed E-state index contributed by atoms with van der Waals surface area (Å²) >= 11 is 0. The first-order chi connectivity index (χ1) is 25.1. The molecule has 6 aromatic carbocycles. The van der Waals surface area contributed by atoms with Crippen LogP contribution in [-0.4, -0.2) is 9.13 Å². The van der Waals surface area contributed by atoms with Crippen molar-refractivity contribution in [3.8, 4) is 51.8 Å². The van der Waals surface area contributed by atoms with Crippen LogP contribution in [0, 0.1) is 40.9 Å². The average Bonchev–Trinajstić information content (AvgIpc) is 3.67. The standard InChI is InChI=1S/C46H29N5/c1-3-4-17-41-30(2)34-12-5-8-18-43(34)50(41)44-19-9-6-13-37(44)36-16-11-15-35(40(36)29-49)32-22-24-42(33(26-32)28-48)51-45-20-10-7-14-38(45)39-25-31(27-47)21-23-46(39)51/h3-26H,1H2,2H3/b17-4-. The van der Waals surface area contributed by atoms with Gasteiger partial charge in [-0.15, -0.1) is 0 Å². The molecule has 0 fully saturated rings. The Bertz CT molecular complexity index is 2880. The lowest BCUT2D eigenvalue weighted by molar-refractivity contribution is 1.10. The summed E-state index contributed by atoms with van der Waals surface area (Å²) in [6.07, 6.45) is 5.80. The summed E-state index contributed by atoms with van der Waals surface area (Å²) in [4.78, 5) is 0. The maximum absolute atomic E-state index is 10.8. The molecule has 2 aromatic heterocycles. The SMILES string of the molecule is C=C/C=C\c1c(C)c2ccccc2n1-c1ccccc1-c1cccc(-c2ccc(-n3c4ccccc4c4cc(C#N)ccc43)c(C#N)c2)c1C#N. The molecule has 8 rings (SSSR count). The lowest BCUT2D eigenvalue weighted by Gasteiger charge is -2.17. The molecular formula is C46H29N5. The lowest BCUT2D eigenvalue weighted by Crippen LogP contribution is -2.01. The van der Waals surface area contributed by atoms with Crippen molar-refractivity contribution in [1.82, 2.24) is 9.13 Å². The Morgan fingerprint density at radius 2 is 1.25 bits per heavy atom. The van der Waals surface area contributed by atoms with Gasteiger partial charge in [-0.25, -0.2) is 0 Å². The van der Waals surface area contributed by atoms with Gasteiger partial charge in [-0.1, -0.05) is 97.6 Å². The largest absolute Gasteiger partial charge is 0.309 e. The van der Waals surface area contributed by atoms with Gasteiger partial charge in [0.25, 0.3) is 0 Å². The van der Waals surface area contributed by atoms with E-state index in [-0.39, 0.29) is 0 Å². The number of para-hydroxylation sites is 3. The number of nitriles is 3. The second-order valence-electron chi connectivity index (χ2n) is 12.4. The predicted octanol–water partition coefficient (Wildman–Crippen LogP) is 11.2. The highest BCUT2D eigenvalue weighted by Crippen LogP contribution is 2.40. The number of fused-ring (bicyclic) bond motifs is 4. The fourth-order valence-corrected chi connectivity index (χ4v) is 7.36. The molecule has 0 amide bonds. The molecule has 5 nitrogen and oxygen atoms in total. The molecule has 238 valence electrons. The van der Waals surface area contributed by atoms with Crippen LogP contribution in [0.3, 0.4) is 0 Å². The number of hydrogen-bond donors (Lipinski definition) is 0. The summed E-state index contributed by atoms with van der Waals surface area (Å²) in [6, 6.07) is 49.1. The Morgan fingerprint density at radius 1 is 0.569 bits per heavy atom. The molecule has 2 heterocycles. The third kappa shape index (κ3) is 4.91. The minimum absolute atomic E-state index is 0.474. The first kappa shape index (κ1) is 30.9. The number of hydrogen-bond acceptors (Lipinski definition) is 3. The highest BCUT2D eigenvalue weighted by molar-refractivity contribution is 6.10. The maximum Gasteiger partial charge on any atom is 0.101 e. The van der Waals surface area contributed by atoms with Gasteiger partial charge in [0, 0.05) is 38.5 Å². The molecule has 8 aromatic rings. The van der Waals surface area contributed by atoms with Gasteiger partial charge in [0.15, 0.2) is 0 Å². The zero-order valence-corrected chi connectivity index (χ0v) is 27.8. The van der Waals surface area contributed by atoms with E-state index in [9.17, 15) is 15.8 Å². The molecule has 0 bridgehead atoms. The van der Waals surface area contributed by atoms with Gasteiger partial charge < -0.3 is 9.13 Å². The predicted molar refractivity (Wildman–Crippen MR) is 207 cm³/mol. The van der Waals surface area contributed by atoms with Crippen LogP contribution < -0.4 is 0 Å². The van der Waals surface area contributed by atoms with Crippen LogP contribution in [0.2, 0.25) is 0 Å². The monoisotopic (exact) mass is 651 g/mol. The second-order valence-corrected chi connectivity index (χ2v) is 12.4. The van der Waals surface area contributed by atoms with Gasteiger partial charge in [-0.3, -0.25) is 0 Å². The van der Waals surface area contributed by atoms with E-state index in [1.54, 1.807) is 12.1 Å². The second kappa shape index (κ2) is 12.6. The minimum Gasteiger partial charge on any atom is -0.309 e. The summed E-state index contributed by atoms with van der Waals surface area (Å²) < 4.78 is 4.33. The molecule has 0 N–H and O–H groups in total. The highest BCUT2D eigenvalue weighted by Gasteiger charge is 2.21. The zero-order chi connectivity index (χ0) is 35.1. The molecule has 0 radical (unpaired) electrons. The molecular weight excluding hydrogens is 623 g/mol. The van der Waals surface area contributed by atoms with E-state index in [2.05, 4.69) is 77.3 Å². The van der Waals surface area contributed by atoms with Gasteiger partial charge in [0.05, 0.1) is 50.7 Å². The molecule has 5 heteroatoms. The van der Waals surface area contributed by atoms with Gasteiger partial charge >= 0.3 is 0 Å². The van der Waals surface area contributed by atoms with Gasteiger partial charge in [-0.2, -0.15) is 15.8 Å². The van der Waals surface area contributed by atoms with Gasteiger partial charge in [0.2, 0.25) is 0 Å². The number of aryl methyl sites for hydroxylation is 1. The molecule has 0 saturated heterocycles.